The Balaban J connectivity index is 1.89. The monoisotopic (exact) mass is 349 g/mol. The molecular formula is C22H23NO3. The van der Waals surface area contributed by atoms with Crippen LogP contribution in [-0.2, 0) is 13.0 Å². The molecule has 0 amide bonds. The number of nitrogens with zero attached hydrogens (tertiary/aromatic N) is 1. The number of ether oxygens (including phenoxy) is 2. The van der Waals surface area contributed by atoms with Crippen LogP contribution in [0, 0.1) is 0 Å². The summed E-state index contributed by atoms with van der Waals surface area (Å²) in [6, 6.07) is 10.8. The van der Waals surface area contributed by atoms with Crippen LogP contribution >= 0.6 is 0 Å². The van der Waals surface area contributed by atoms with E-state index in [-0.39, 0.29) is 5.75 Å². The summed E-state index contributed by atoms with van der Waals surface area (Å²) in [5.41, 5.74) is 2.83. The first-order chi connectivity index (χ1) is 12.7. The molecule has 0 saturated carbocycles. The van der Waals surface area contributed by atoms with E-state index in [2.05, 4.69) is 17.0 Å². The molecule has 1 saturated heterocycles. The molecule has 3 aromatic rings. The highest BCUT2D eigenvalue weighted by atomic mass is 16.5. The molecule has 1 atom stereocenters. The third kappa shape index (κ3) is 2.18. The summed E-state index contributed by atoms with van der Waals surface area (Å²) in [5.74, 6) is 1.56. The van der Waals surface area contributed by atoms with Gasteiger partial charge in [-0.3, -0.25) is 4.90 Å². The molecule has 1 N–H and O–H groups in total. The van der Waals surface area contributed by atoms with Crippen molar-refractivity contribution in [2.75, 3.05) is 20.8 Å². The van der Waals surface area contributed by atoms with Crippen LogP contribution in [0.4, 0.5) is 0 Å². The van der Waals surface area contributed by atoms with Gasteiger partial charge in [0, 0.05) is 12.6 Å². The van der Waals surface area contributed by atoms with E-state index in [1.165, 1.54) is 41.3 Å². The van der Waals surface area contributed by atoms with Crippen molar-refractivity contribution < 1.29 is 14.6 Å². The molecule has 3 aromatic carbocycles. The van der Waals surface area contributed by atoms with Gasteiger partial charge in [0.1, 0.15) is 5.75 Å². The lowest BCUT2D eigenvalue weighted by Gasteiger charge is -2.33. The molecule has 2 aliphatic rings. The molecule has 2 heterocycles. The standard InChI is InChI=1S/C22H23NO3/c1-25-14-5-6-15-17(9-14)18-10-21(24)22(26-2)11-19(18)16-8-13-4-3-7-23(13)12-20(15)16/h5-6,9-11,13,24H,3-4,7-8,12H2,1-2H3. The summed E-state index contributed by atoms with van der Waals surface area (Å²) in [6.45, 7) is 2.20. The number of benzene rings is 3. The molecule has 0 bridgehead atoms. The minimum absolute atomic E-state index is 0.183. The number of methoxy groups -OCH3 is 2. The van der Waals surface area contributed by atoms with E-state index in [0.29, 0.717) is 11.8 Å². The Labute approximate surface area is 152 Å². The molecule has 4 heteroatoms. The normalized spacial score (nSPS) is 19.5. The molecule has 26 heavy (non-hydrogen) atoms. The maximum Gasteiger partial charge on any atom is 0.161 e. The smallest absolute Gasteiger partial charge is 0.161 e. The molecule has 1 fully saturated rings. The van der Waals surface area contributed by atoms with Gasteiger partial charge in [-0.2, -0.15) is 0 Å². The van der Waals surface area contributed by atoms with Crippen molar-refractivity contribution >= 4 is 21.5 Å². The van der Waals surface area contributed by atoms with E-state index in [0.717, 1.165) is 29.5 Å². The Morgan fingerprint density at radius 3 is 2.62 bits per heavy atom. The average molecular weight is 349 g/mol. The Morgan fingerprint density at radius 1 is 0.962 bits per heavy atom. The van der Waals surface area contributed by atoms with Crippen molar-refractivity contribution in [2.45, 2.75) is 31.8 Å². The molecule has 0 aromatic heterocycles. The largest absolute Gasteiger partial charge is 0.504 e. The first-order valence-electron chi connectivity index (χ1n) is 9.26. The number of phenols is 1. The molecule has 2 aliphatic heterocycles. The number of hydrogen-bond acceptors (Lipinski definition) is 4. The van der Waals surface area contributed by atoms with Crippen LogP contribution in [0.3, 0.4) is 0 Å². The fourth-order valence-electron chi connectivity index (χ4n) is 4.85. The highest BCUT2D eigenvalue weighted by Crippen LogP contribution is 2.43. The summed E-state index contributed by atoms with van der Waals surface area (Å²) in [6.07, 6.45) is 3.63. The molecule has 0 spiro atoms. The number of hydrogen-bond donors (Lipinski definition) is 1. The van der Waals surface area contributed by atoms with Crippen LogP contribution in [0.15, 0.2) is 30.3 Å². The Morgan fingerprint density at radius 2 is 1.81 bits per heavy atom. The second-order valence-electron chi connectivity index (χ2n) is 7.41. The van der Waals surface area contributed by atoms with Gasteiger partial charge in [-0.25, -0.2) is 0 Å². The van der Waals surface area contributed by atoms with Crippen molar-refractivity contribution in [1.82, 2.24) is 4.90 Å². The third-order valence-electron chi connectivity index (χ3n) is 6.15. The predicted octanol–water partition coefficient (Wildman–Crippen LogP) is 4.24. The molecule has 0 aliphatic carbocycles. The average Bonchev–Trinajstić information content (AvgIpc) is 3.13. The van der Waals surface area contributed by atoms with Crippen molar-refractivity contribution in [1.29, 1.82) is 0 Å². The first-order valence-corrected chi connectivity index (χ1v) is 9.26. The van der Waals surface area contributed by atoms with Crippen LogP contribution in [0.1, 0.15) is 24.0 Å². The van der Waals surface area contributed by atoms with E-state index >= 15 is 0 Å². The summed E-state index contributed by atoms with van der Waals surface area (Å²) in [5, 5.41) is 15.1. The van der Waals surface area contributed by atoms with Crippen LogP contribution in [0.5, 0.6) is 17.2 Å². The number of fused-ring (bicyclic) bond motifs is 7. The highest BCUT2D eigenvalue weighted by molar-refractivity contribution is 6.12. The number of phenolic OH excluding ortho intramolecular Hbond substituents is 1. The van der Waals surface area contributed by atoms with Gasteiger partial charge in [0.2, 0.25) is 0 Å². The lowest BCUT2D eigenvalue weighted by Crippen LogP contribution is -2.35. The van der Waals surface area contributed by atoms with E-state index in [4.69, 9.17) is 9.47 Å². The van der Waals surface area contributed by atoms with Crippen LogP contribution in [0.2, 0.25) is 0 Å². The fraction of sp³-hybridized carbons (Fsp3) is 0.364. The third-order valence-corrected chi connectivity index (χ3v) is 6.15. The molecular weight excluding hydrogens is 326 g/mol. The zero-order valence-electron chi connectivity index (χ0n) is 15.2. The van der Waals surface area contributed by atoms with Gasteiger partial charge in [0.15, 0.2) is 11.5 Å². The zero-order valence-corrected chi connectivity index (χ0v) is 15.2. The van der Waals surface area contributed by atoms with Gasteiger partial charge in [-0.05, 0) is 82.7 Å². The van der Waals surface area contributed by atoms with Crippen LogP contribution in [0.25, 0.3) is 21.5 Å². The SMILES string of the molecule is COc1ccc2c3c(c4cc(OC)c(O)cc4c2c1)CC1CCCN1C3. The maximum atomic E-state index is 10.4. The zero-order chi connectivity index (χ0) is 17.8. The summed E-state index contributed by atoms with van der Waals surface area (Å²) < 4.78 is 10.9. The second kappa shape index (κ2) is 5.78. The van der Waals surface area contributed by atoms with Crippen molar-refractivity contribution in [3.05, 3.63) is 41.5 Å². The van der Waals surface area contributed by atoms with Crippen molar-refractivity contribution in [3.8, 4) is 17.2 Å². The minimum Gasteiger partial charge on any atom is -0.504 e. The fourth-order valence-corrected chi connectivity index (χ4v) is 4.85. The van der Waals surface area contributed by atoms with Crippen molar-refractivity contribution in [3.63, 3.8) is 0 Å². The molecule has 4 nitrogen and oxygen atoms in total. The van der Waals surface area contributed by atoms with E-state index < -0.39 is 0 Å². The number of aromatic hydroxyl groups is 1. The maximum absolute atomic E-state index is 10.4. The van der Waals surface area contributed by atoms with Gasteiger partial charge in [0.05, 0.1) is 14.2 Å². The van der Waals surface area contributed by atoms with E-state index in [9.17, 15) is 5.11 Å². The Hall–Kier alpha value is -2.46. The summed E-state index contributed by atoms with van der Waals surface area (Å²) in [7, 11) is 3.30. The molecule has 1 unspecified atom stereocenters. The molecule has 0 radical (unpaired) electrons. The topological polar surface area (TPSA) is 41.9 Å². The summed E-state index contributed by atoms with van der Waals surface area (Å²) in [4.78, 5) is 2.62. The highest BCUT2D eigenvalue weighted by Gasteiger charge is 2.32. The summed E-state index contributed by atoms with van der Waals surface area (Å²) >= 11 is 0. The molecule has 134 valence electrons. The van der Waals surface area contributed by atoms with Gasteiger partial charge in [-0.15, -0.1) is 0 Å². The first kappa shape index (κ1) is 15.8. The Kier molecular flexibility index (Phi) is 3.50. The van der Waals surface area contributed by atoms with E-state index in [1.807, 2.05) is 18.2 Å². The van der Waals surface area contributed by atoms with Crippen LogP contribution < -0.4 is 9.47 Å². The lowest BCUT2D eigenvalue weighted by atomic mass is 9.85. The number of rotatable bonds is 2. The van der Waals surface area contributed by atoms with Crippen molar-refractivity contribution in [2.24, 2.45) is 0 Å². The lowest BCUT2D eigenvalue weighted by molar-refractivity contribution is 0.229. The predicted molar refractivity (Wildman–Crippen MR) is 103 cm³/mol. The van der Waals surface area contributed by atoms with Crippen LogP contribution in [-0.4, -0.2) is 36.8 Å². The molecule has 5 rings (SSSR count). The quantitative estimate of drug-likeness (QED) is 0.703. The van der Waals surface area contributed by atoms with Gasteiger partial charge >= 0.3 is 0 Å². The van der Waals surface area contributed by atoms with E-state index in [1.54, 1.807) is 14.2 Å². The minimum atomic E-state index is 0.183. The van der Waals surface area contributed by atoms with Gasteiger partial charge < -0.3 is 14.6 Å². The Bertz CT molecular complexity index is 1030. The second-order valence-corrected chi connectivity index (χ2v) is 7.41. The van der Waals surface area contributed by atoms with Gasteiger partial charge in [-0.1, -0.05) is 6.07 Å². The van der Waals surface area contributed by atoms with Gasteiger partial charge in [0.25, 0.3) is 0 Å².